The number of piperidine rings is 1. The molecule has 1 heterocycles. The Hall–Kier alpha value is -0.0400. The molecule has 1 saturated heterocycles. The lowest BCUT2D eigenvalue weighted by molar-refractivity contribution is -0.973. The Bertz CT molecular complexity index is 138. The molecule has 0 aromatic heterocycles. The second kappa shape index (κ2) is 3.37. The van der Waals surface area contributed by atoms with Crippen LogP contribution < -0.4 is 0 Å². The summed E-state index contributed by atoms with van der Waals surface area (Å²) in [5.74, 6) is 0. The van der Waals surface area contributed by atoms with Crippen molar-refractivity contribution < 1.29 is 4.48 Å². The van der Waals surface area contributed by atoms with Gasteiger partial charge in [-0.05, 0) is 47.0 Å². The molecule has 1 heteroatoms. The van der Waals surface area contributed by atoms with E-state index in [0.29, 0.717) is 5.54 Å². The Kier molecular flexibility index (Phi) is 2.82. The lowest BCUT2D eigenvalue weighted by atomic mass is 9.95. The molecule has 12 heavy (non-hydrogen) atoms. The Morgan fingerprint density at radius 3 is 1.75 bits per heavy atom. The molecule has 1 aliphatic heterocycles. The molecule has 0 aliphatic carbocycles. The average Bonchev–Trinajstić information content (AvgIpc) is 2.04. The van der Waals surface area contributed by atoms with Gasteiger partial charge < -0.3 is 4.48 Å². The molecule has 0 saturated carbocycles. The van der Waals surface area contributed by atoms with Gasteiger partial charge in [0.1, 0.15) is 0 Å². The highest BCUT2D eigenvalue weighted by molar-refractivity contribution is 4.67. The Balaban J connectivity index is 2.73. The third kappa shape index (κ3) is 1.66. The van der Waals surface area contributed by atoms with Crippen molar-refractivity contribution in [3.8, 4) is 0 Å². The van der Waals surface area contributed by atoms with Crippen molar-refractivity contribution >= 4 is 0 Å². The molecule has 1 aliphatic rings. The first-order chi connectivity index (χ1) is 5.52. The van der Waals surface area contributed by atoms with Crippen LogP contribution in [0.3, 0.4) is 0 Å². The first-order valence-electron chi connectivity index (χ1n) is 5.38. The zero-order valence-corrected chi connectivity index (χ0v) is 9.19. The molecule has 1 nitrogen and oxygen atoms in total. The molecule has 0 amide bonds. The summed E-state index contributed by atoms with van der Waals surface area (Å²) in [6.07, 6.45) is 4.33. The number of nitrogens with zero attached hydrogens (tertiary/aromatic N) is 1. The highest BCUT2D eigenvalue weighted by atomic mass is 15.4. The summed E-state index contributed by atoms with van der Waals surface area (Å²) in [5, 5.41) is 0. The van der Waals surface area contributed by atoms with Crippen LogP contribution in [0, 0.1) is 0 Å². The normalized spacial score (nSPS) is 24.0. The van der Waals surface area contributed by atoms with E-state index in [1.165, 1.54) is 43.4 Å². The van der Waals surface area contributed by atoms with Crippen LogP contribution >= 0.6 is 0 Å². The fourth-order valence-electron chi connectivity index (χ4n) is 2.58. The van der Waals surface area contributed by atoms with Crippen LogP contribution in [0.5, 0.6) is 0 Å². The Morgan fingerprint density at radius 1 is 1.00 bits per heavy atom. The summed E-state index contributed by atoms with van der Waals surface area (Å²) in [4.78, 5) is 0. The number of quaternary nitrogens is 1. The van der Waals surface area contributed by atoms with Crippen molar-refractivity contribution in [2.75, 3.05) is 19.6 Å². The van der Waals surface area contributed by atoms with Gasteiger partial charge in [0.05, 0.1) is 25.2 Å². The molecule has 0 unspecified atom stereocenters. The van der Waals surface area contributed by atoms with Gasteiger partial charge in [-0.1, -0.05) is 0 Å². The van der Waals surface area contributed by atoms with Crippen molar-refractivity contribution in [1.29, 1.82) is 0 Å². The highest BCUT2D eigenvalue weighted by Crippen LogP contribution is 2.29. The predicted molar refractivity (Wildman–Crippen MR) is 54.1 cm³/mol. The van der Waals surface area contributed by atoms with Crippen LogP contribution in [-0.2, 0) is 0 Å². The fourth-order valence-corrected chi connectivity index (χ4v) is 2.58. The van der Waals surface area contributed by atoms with Crippen molar-refractivity contribution in [1.82, 2.24) is 0 Å². The smallest absolute Gasteiger partial charge is 0.0907 e. The minimum Gasteiger partial charge on any atom is -0.320 e. The summed E-state index contributed by atoms with van der Waals surface area (Å²) in [6.45, 7) is 13.6. The third-order valence-corrected chi connectivity index (χ3v) is 3.70. The molecule has 72 valence electrons. The van der Waals surface area contributed by atoms with E-state index in [4.69, 9.17) is 0 Å². The van der Waals surface area contributed by atoms with Crippen molar-refractivity contribution in [3.05, 3.63) is 0 Å². The van der Waals surface area contributed by atoms with E-state index in [2.05, 4.69) is 27.7 Å². The van der Waals surface area contributed by atoms with Gasteiger partial charge in [0.2, 0.25) is 0 Å². The van der Waals surface area contributed by atoms with Gasteiger partial charge >= 0.3 is 0 Å². The van der Waals surface area contributed by atoms with E-state index in [0.717, 1.165) is 0 Å². The van der Waals surface area contributed by atoms with Crippen LogP contribution in [0.15, 0.2) is 0 Å². The van der Waals surface area contributed by atoms with Crippen molar-refractivity contribution in [2.24, 2.45) is 0 Å². The second-order valence-electron chi connectivity index (χ2n) is 5.14. The minimum absolute atomic E-state index is 0.454. The summed E-state index contributed by atoms with van der Waals surface area (Å²) in [6, 6.07) is 0. The number of rotatable bonds is 1. The van der Waals surface area contributed by atoms with Crippen LogP contribution in [0.2, 0.25) is 0 Å². The molecule has 0 spiro atoms. The zero-order valence-electron chi connectivity index (χ0n) is 9.19. The maximum absolute atomic E-state index is 2.39. The lowest BCUT2D eigenvalue weighted by Crippen LogP contribution is -2.62. The second-order valence-corrected chi connectivity index (χ2v) is 5.14. The maximum Gasteiger partial charge on any atom is 0.0907 e. The molecule has 1 fully saturated rings. The van der Waals surface area contributed by atoms with Gasteiger partial charge in [0.25, 0.3) is 0 Å². The third-order valence-electron chi connectivity index (χ3n) is 3.70. The molecule has 0 atom stereocenters. The quantitative estimate of drug-likeness (QED) is 0.531. The topological polar surface area (TPSA) is 0 Å². The minimum atomic E-state index is 0.454. The summed E-state index contributed by atoms with van der Waals surface area (Å²) in [5.41, 5.74) is 0.454. The average molecular weight is 170 g/mol. The standard InChI is InChI=1S/C11H24N/c1-5-12(11(2,3)4)9-7-6-8-10-12/h5-10H2,1-4H3/q+1. The molecule has 0 bridgehead atoms. The molecule has 0 N–H and O–H groups in total. The van der Waals surface area contributed by atoms with E-state index in [1.54, 1.807) is 0 Å². The number of likely N-dealkylation sites (tertiary alicyclic amines) is 1. The summed E-state index contributed by atoms with van der Waals surface area (Å²) < 4.78 is 1.34. The molecule has 1 rings (SSSR count). The Morgan fingerprint density at radius 2 is 1.50 bits per heavy atom. The first kappa shape index (κ1) is 10.0. The molecule has 0 radical (unpaired) electrons. The van der Waals surface area contributed by atoms with Crippen molar-refractivity contribution in [3.63, 3.8) is 0 Å². The van der Waals surface area contributed by atoms with Gasteiger partial charge in [-0.2, -0.15) is 0 Å². The Labute approximate surface area is 77.4 Å². The van der Waals surface area contributed by atoms with E-state index in [9.17, 15) is 0 Å². The van der Waals surface area contributed by atoms with Gasteiger partial charge in [-0.15, -0.1) is 0 Å². The van der Waals surface area contributed by atoms with Crippen LogP contribution in [0.25, 0.3) is 0 Å². The van der Waals surface area contributed by atoms with Crippen LogP contribution in [0.1, 0.15) is 47.0 Å². The SMILES string of the molecule is CC[N+]1(C(C)(C)C)CCCCC1. The lowest BCUT2D eigenvalue weighted by Gasteiger charge is -2.50. The maximum atomic E-state index is 2.39. The first-order valence-corrected chi connectivity index (χ1v) is 5.38. The van der Waals surface area contributed by atoms with Gasteiger partial charge in [-0.3, -0.25) is 0 Å². The monoisotopic (exact) mass is 170 g/mol. The van der Waals surface area contributed by atoms with Crippen LogP contribution in [-0.4, -0.2) is 29.7 Å². The van der Waals surface area contributed by atoms with Crippen LogP contribution in [0.4, 0.5) is 0 Å². The fraction of sp³-hybridized carbons (Fsp3) is 1.00. The van der Waals surface area contributed by atoms with Crippen molar-refractivity contribution in [2.45, 2.75) is 52.5 Å². The van der Waals surface area contributed by atoms with E-state index < -0.39 is 0 Å². The number of hydrogen-bond donors (Lipinski definition) is 0. The molecule has 0 aromatic carbocycles. The highest BCUT2D eigenvalue weighted by Gasteiger charge is 2.39. The molecular weight excluding hydrogens is 146 g/mol. The summed E-state index contributed by atoms with van der Waals surface area (Å²) >= 11 is 0. The molecular formula is C11H24N+. The van der Waals surface area contributed by atoms with E-state index in [-0.39, 0.29) is 0 Å². The zero-order chi connectivity index (χ0) is 9.24. The van der Waals surface area contributed by atoms with Gasteiger partial charge in [0.15, 0.2) is 0 Å². The van der Waals surface area contributed by atoms with Gasteiger partial charge in [-0.25, -0.2) is 0 Å². The summed E-state index contributed by atoms with van der Waals surface area (Å²) in [7, 11) is 0. The van der Waals surface area contributed by atoms with E-state index in [1.807, 2.05) is 0 Å². The van der Waals surface area contributed by atoms with Gasteiger partial charge in [0, 0.05) is 0 Å². The number of hydrogen-bond acceptors (Lipinski definition) is 0. The molecule has 0 aromatic rings. The van der Waals surface area contributed by atoms with E-state index >= 15 is 0 Å². The predicted octanol–water partition coefficient (Wildman–Crippen LogP) is 2.81. The largest absolute Gasteiger partial charge is 0.320 e.